The molecule has 1 aromatic carbocycles. The van der Waals surface area contributed by atoms with Gasteiger partial charge in [-0.15, -0.1) is 0 Å². The zero-order chi connectivity index (χ0) is 12.0. The maximum atomic E-state index is 12.9. The topological polar surface area (TPSA) is 3.24 Å². The lowest BCUT2D eigenvalue weighted by molar-refractivity contribution is -0.137. The third-order valence-corrected chi connectivity index (χ3v) is 3.93. The largest absolute Gasteiger partial charge is 0.418 e. The highest BCUT2D eigenvalue weighted by atomic mass is 19.4. The fraction of sp³-hybridized carbons (Fsp3) is 0.538. The lowest BCUT2D eigenvalue weighted by Gasteiger charge is -2.31. The number of hydrogen-bond acceptors (Lipinski definition) is 1. The van der Waals surface area contributed by atoms with E-state index in [0.717, 1.165) is 19.4 Å². The first-order valence-corrected chi connectivity index (χ1v) is 5.98. The molecule has 1 saturated heterocycles. The van der Waals surface area contributed by atoms with Crippen molar-refractivity contribution in [2.45, 2.75) is 31.5 Å². The summed E-state index contributed by atoms with van der Waals surface area (Å²) in [4.78, 5) is 1.96. The molecule has 1 aromatic rings. The number of halogens is 3. The molecule has 3 rings (SSSR count). The highest BCUT2D eigenvalue weighted by Crippen LogP contribution is 2.44. The molecule has 0 aromatic heterocycles. The van der Waals surface area contributed by atoms with Gasteiger partial charge in [-0.1, -0.05) is 12.1 Å². The third kappa shape index (κ3) is 1.79. The van der Waals surface area contributed by atoms with Crippen molar-refractivity contribution >= 4 is 5.69 Å². The first-order valence-electron chi connectivity index (χ1n) is 5.98. The van der Waals surface area contributed by atoms with Gasteiger partial charge in [-0.2, -0.15) is 13.2 Å². The van der Waals surface area contributed by atoms with Crippen LogP contribution in [0.2, 0.25) is 0 Å². The fourth-order valence-electron chi connectivity index (χ4n) is 3.18. The van der Waals surface area contributed by atoms with Gasteiger partial charge < -0.3 is 4.90 Å². The molecule has 2 bridgehead atoms. The average molecular weight is 241 g/mol. The fourth-order valence-corrected chi connectivity index (χ4v) is 3.18. The first-order chi connectivity index (χ1) is 8.05. The lowest BCUT2D eigenvalue weighted by atomic mass is 10.1. The molecule has 0 amide bonds. The van der Waals surface area contributed by atoms with E-state index in [-0.39, 0.29) is 0 Å². The molecule has 0 radical (unpaired) electrons. The molecular formula is C13H14F3N. The Bertz CT molecular complexity index is 427. The molecule has 1 saturated carbocycles. The van der Waals surface area contributed by atoms with Crippen LogP contribution in [0.15, 0.2) is 24.3 Å². The summed E-state index contributed by atoms with van der Waals surface area (Å²) in [6.07, 6.45) is -0.975. The summed E-state index contributed by atoms with van der Waals surface area (Å²) in [6.45, 7) is 0.789. The van der Waals surface area contributed by atoms with E-state index >= 15 is 0 Å². The zero-order valence-corrected chi connectivity index (χ0v) is 9.37. The Morgan fingerprint density at radius 3 is 2.47 bits per heavy atom. The van der Waals surface area contributed by atoms with Crippen molar-refractivity contribution in [2.75, 3.05) is 11.4 Å². The minimum Gasteiger partial charge on any atom is -0.368 e. The number of hydrogen-bond donors (Lipinski definition) is 0. The Kier molecular flexibility index (Phi) is 2.35. The van der Waals surface area contributed by atoms with Crippen LogP contribution >= 0.6 is 0 Å². The summed E-state index contributed by atoms with van der Waals surface area (Å²) in [5.74, 6) is 0.598. The molecule has 0 spiro atoms. The van der Waals surface area contributed by atoms with Gasteiger partial charge in [0.15, 0.2) is 0 Å². The van der Waals surface area contributed by atoms with Gasteiger partial charge in [0.1, 0.15) is 0 Å². The van der Waals surface area contributed by atoms with Crippen LogP contribution in [-0.2, 0) is 6.18 Å². The predicted octanol–water partition coefficient (Wildman–Crippen LogP) is 3.69. The van der Waals surface area contributed by atoms with Crippen LogP contribution in [0.4, 0.5) is 18.9 Å². The second kappa shape index (κ2) is 3.65. The lowest BCUT2D eigenvalue weighted by Crippen LogP contribution is -2.33. The molecule has 1 aliphatic heterocycles. The smallest absolute Gasteiger partial charge is 0.368 e. The minimum absolute atomic E-state index is 0.323. The Labute approximate surface area is 98.2 Å². The molecule has 0 N–H and O–H groups in total. The van der Waals surface area contributed by atoms with Crippen LogP contribution < -0.4 is 4.90 Å². The second-order valence-corrected chi connectivity index (χ2v) is 5.00. The van der Waals surface area contributed by atoms with Crippen molar-refractivity contribution in [3.63, 3.8) is 0 Å². The van der Waals surface area contributed by atoms with E-state index < -0.39 is 11.7 Å². The van der Waals surface area contributed by atoms with E-state index in [9.17, 15) is 13.2 Å². The second-order valence-electron chi connectivity index (χ2n) is 5.00. The Morgan fingerprint density at radius 2 is 1.88 bits per heavy atom. The number of benzene rings is 1. The van der Waals surface area contributed by atoms with Crippen molar-refractivity contribution in [1.82, 2.24) is 0 Å². The van der Waals surface area contributed by atoms with E-state index in [4.69, 9.17) is 0 Å². The van der Waals surface area contributed by atoms with Crippen molar-refractivity contribution in [2.24, 2.45) is 5.92 Å². The average Bonchev–Trinajstić information content (AvgIpc) is 2.89. The first kappa shape index (κ1) is 10.9. The molecule has 2 aliphatic rings. The molecule has 1 heterocycles. The Balaban J connectivity index is 1.98. The van der Waals surface area contributed by atoms with E-state index in [1.807, 2.05) is 4.90 Å². The normalized spacial score (nSPS) is 27.8. The molecule has 1 nitrogen and oxygen atoms in total. The number of rotatable bonds is 1. The highest BCUT2D eigenvalue weighted by Gasteiger charge is 2.42. The van der Waals surface area contributed by atoms with Crippen molar-refractivity contribution in [1.29, 1.82) is 0 Å². The van der Waals surface area contributed by atoms with Gasteiger partial charge in [0.25, 0.3) is 0 Å². The quantitative estimate of drug-likeness (QED) is 0.724. The van der Waals surface area contributed by atoms with Gasteiger partial charge in [-0.3, -0.25) is 0 Å². The van der Waals surface area contributed by atoms with Crippen LogP contribution in [-0.4, -0.2) is 12.6 Å². The van der Waals surface area contributed by atoms with Crippen LogP contribution in [0.5, 0.6) is 0 Å². The number of fused-ring (bicyclic) bond motifs is 2. The summed E-state index contributed by atoms with van der Waals surface area (Å²) >= 11 is 0. The third-order valence-electron chi connectivity index (χ3n) is 3.93. The zero-order valence-electron chi connectivity index (χ0n) is 9.37. The molecule has 92 valence electrons. The van der Waals surface area contributed by atoms with E-state index in [1.165, 1.54) is 18.6 Å². The van der Waals surface area contributed by atoms with Crippen molar-refractivity contribution in [3.05, 3.63) is 29.8 Å². The van der Waals surface area contributed by atoms with Crippen LogP contribution in [0.3, 0.4) is 0 Å². The maximum Gasteiger partial charge on any atom is 0.418 e. The molecule has 2 unspecified atom stereocenters. The standard InChI is InChI=1S/C13H14F3N/c14-13(15,16)11-3-1-2-4-12(11)17-8-9-5-6-10(17)7-9/h1-4,9-10H,5-8H2. The van der Waals surface area contributed by atoms with E-state index in [1.54, 1.807) is 12.1 Å². The Hall–Kier alpha value is -1.19. The summed E-state index contributed by atoms with van der Waals surface area (Å²) in [6, 6.07) is 6.26. The molecule has 4 heteroatoms. The molecule has 2 fully saturated rings. The number of alkyl halides is 3. The maximum absolute atomic E-state index is 12.9. The van der Waals surface area contributed by atoms with Gasteiger partial charge >= 0.3 is 6.18 Å². The highest BCUT2D eigenvalue weighted by molar-refractivity contribution is 5.57. The van der Waals surface area contributed by atoms with Gasteiger partial charge in [-0.05, 0) is 37.3 Å². The number of anilines is 1. The molecule has 1 aliphatic carbocycles. The van der Waals surface area contributed by atoms with E-state index in [0.29, 0.717) is 17.6 Å². The summed E-state index contributed by atoms with van der Waals surface area (Å²) in [5.41, 5.74) is -0.125. The SMILES string of the molecule is FC(F)(F)c1ccccc1N1CC2CCC1C2. The number of nitrogens with zero attached hydrogens (tertiary/aromatic N) is 1. The predicted molar refractivity (Wildman–Crippen MR) is 59.9 cm³/mol. The number of para-hydroxylation sites is 1. The summed E-state index contributed by atoms with van der Waals surface area (Å²) < 4.78 is 38.8. The van der Waals surface area contributed by atoms with E-state index in [2.05, 4.69) is 0 Å². The molecule has 2 atom stereocenters. The van der Waals surface area contributed by atoms with Crippen LogP contribution in [0.25, 0.3) is 0 Å². The molecular weight excluding hydrogens is 227 g/mol. The van der Waals surface area contributed by atoms with Crippen molar-refractivity contribution in [3.8, 4) is 0 Å². The summed E-state index contributed by atoms with van der Waals surface area (Å²) in [5, 5.41) is 0. The number of piperidine rings is 1. The van der Waals surface area contributed by atoms with Crippen molar-refractivity contribution < 1.29 is 13.2 Å². The minimum atomic E-state index is -4.25. The van der Waals surface area contributed by atoms with Gasteiger partial charge in [0, 0.05) is 18.3 Å². The van der Waals surface area contributed by atoms with Gasteiger partial charge in [0.2, 0.25) is 0 Å². The molecule has 17 heavy (non-hydrogen) atoms. The monoisotopic (exact) mass is 241 g/mol. The summed E-state index contributed by atoms with van der Waals surface area (Å²) in [7, 11) is 0. The van der Waals surface area contributed by atoms with Crippen LogP contribution in [0.1, 0.15) is 24.8 Å². The Morgan fingerprint density at radius 1 is 1.12 bits per heavy atom. The van der Waals surface area contributed by atoms with Gasteiger partial charge in [-0.25, -0.2) is 0 Å². The van der Waals surface area contributed by atoms with Gasteiger partial charge in [0.05, 0.1) is 5.56 Å². The van der Waals surface area contributed by atoms with Crippen LogP contribution in [0, 0.1) is 5.92 Å².